The van der Waals surface area contributed by atoms with E-state index in [4.69, 9.17) is 28.4 Å². The average Bonchev–Trinajstić information content (AvgIpc) is 2.94. The Morgan fingerprint density at radius 3 is 1.43 bits per heavy atom. The molecule has 2 rings (SSSR count). The first-order valence-electron chi connectivity index (χ1n) is 13.9. The second kappa shape index (κ2) is 18.1. The third-order valence-corrected chi connectivity index (χ3v) is 5.83. The molecular formula is C32H44O8. The summed E-state index contributed by atoms with van der Waals surface area (Å²) in [5, 5.41) is 1.65. The van der Waals surface area contributed by atoms with Gasteiger partial charge in [-0.2, -0.15) is 0 Å². The van der Waals surface area contributed by atoms with Crippen LogP contribution in [-0.2, 0) is 28.5 Å². The van der Waals surface area contributed by atoms with Crippen LogP contribution in [0, 0.1) is 0 Å². The fourth-order valence-corrected chi connectivity index (χ4v) is 3.53. The highest BCUT2D eigenvalue weighted by atomic mass is 16.6. The fourth-order valence-electron chi connectivity index (χ4n) is 3.53. The molecule has 0 aromatic heterocycles. The van der Waals surface area contributed by atoms with Gasteiger partial charge < -0.3 is 28.4 Å². The Bertz CT molecular complexity index is 1020. The summed E-state index contributed by atoms with van der Waals surface area (Å²) >= 11 is 0. The number of hydrogen-bond acceptors (Lipinski definition) is 8. The fraction of sp³-hybridized carbons (Fsp3) is 0.500. The lowest BCUT2D eigenvalue weighted by molar-refractivity contribution is -0.150. The maximum absolute atomic E-state index is 12.1. The number of carbonyl (C=O) groups excluding carboxylic acids is 2. The third-order valence-electron chi connectivity index (χ3n) is 5.83. The van der Waals surface area contributed by atoms with E-state index in [1.165, 1.54) is 0 Å². The van der Waals surface area contributed by atoms with Crippen LogP contribution in [0.5, 0.6) is 11.5 Å². The van der Waals surface area contributed by atoms with Crippen molar-refractivity contribution in [2.24, 2.45) is 0 Å². The van der Waals surface area contributed by atoms with Crippen LogP contribution >= 0.6 is 0 Å². The summed E-state index contributed by atoms with van der Waals surface area (Å²) < 4.78 is 34.7. The number of unbranched alkanes of at least 4 members (excludes halogenated alkanes) is 2. The summed E-state index contributed by atoms with van der Waals surface area (Å²) in [5.41, 5.74) is 0.627. The average molecular weight is 557 g/mol. The molecule has 0 saturated carbocycles. The second-order valence-electron chi connectivity index (χ2n) is 9.70. The Morgan fingerprint density at radius 2 is 1.07 bits per heavy atom. The molecule has 0 aliphatic rings. The molecule has 0 saturated heterocycles. The molecule has 0 heterocycles. The van der Waals surface area contributed by atoms with Crippen molar-refractivity contribution >= 4 is 22.7 Å². The van der Waals surface area contributed by atoms with E-state index in [0.717, 1.165) is 36.5 Å². The summed E-state index contributed by atoms with van der Waals surface area (Å²) in [5.74, 6) is 0.255. The first kappa shape index (κ1) is 32.8. The van der Waals surface area contributed by atoms with Gasteiger partial charge in [-0.3, -0.25) is 0 Å². The Balaban J connectivity index is 2.14. The van der Waals surface area contributed by atoms with E-state index in [1.54, 1.807) is 13.8 Å². The van der Waals surface area contributed by atoms with Crippen molar-refractivity contribution in [2.75, 3.05) is 39.6 Å². The lowest BCUT2D eigenvalue weighted by Gasteiger charge is -2.21. The van der Waals surface area contributed by atoms with E-state index >= 15 is 0 Å². The van der Waals surface area contributed by atoms with E-state index in [1.807, 2.05) is 36.4 Å². The van der Waals surface area contributed by atoms with Crippen molar-refractivity contribution in [2.45, 2.75) is 65.6 Å². The molecule has 2 atom stereocenters. The van der Waals surface area contributed by atoms with Crippen LogP contribution in [0.15, 0.2) is 60.7 Å². The predicted octanol–water partition coefficient (Wildman–Crippen LogP) is 6.21. The van der Waals surface area contributed by atoms with Gasteiger partial charge in [0.15, 0.2) is 12.2 Å². The van der Waals surface area contributed by atoms with Crippen LogP contribution in [-0.4, -0.2) is 63.8 Å². The zero-order chi connectivity index (χ0) is 29.3. The summed E-state index contributed by atoms with van der Waals surface area (Å²) in [4.78, 5) is 24.3. The predicted molar refractivity (Wildman–Crippen MR) is 156 cm³/mol. The van der Waals surface area contributed by atoms with E-state index in [9.17, 15) is 9.59 Å². The van der Waals surface area contributed by atoms with Gasteiger partial charge in [0.1, 0.15) is 24.7 Å². The third kappa shape index (κ3) is 11.4. The minimum Gasteiger partial charge on any atom is -0.489 e. The summed E-state index contributed by atoms with van der Waals surface area (Å²) in [6.07, 6.45) is 2.68. The maximum atomic E-state index is 12.1. The Kier molecular flexibility index (Phi) is 14.8. The molecule has 0 spiro atoms. The SMILES string of the molecule is C=C(C)C(=O)OC(COCCCC)COc1cccc2c(OCC(COCCCC)OC(=O)C(=C)C)cccc12. The number of ether oxygens (including phenoxy) is 6. The molecule has 2 aromatic carbocycles. The van der Waals surface area contributed by atoms with Crippen LogP contribution in [0.2, 0.25) is 0 Å². The minimum absolute atomic E-state index is 0.114. The van der Waals surface area contributed by atoms with Crippen LogP contribution in [0.3, 0.4) is 0 Å². The second-order valence-corrected chi connectivity index (χ2v) is 9.70. The van der Waals surface area contributed by atoms with E-state index in [2.05, 4.69) is 27.0 Å². The number of hydrogen-bond donors (Lipinski definition) is 0. The number of fused-ring (bicyclic) bond motifs is 1. The molecule has 8 nitrogen and oxygen atoms in total. The quantitative estimate of drug-likeness (QED) is 0.108. The van der Waals surface area contributed by atoms with Gasteiger partial charge in [0.25, 0.3) is 0 Å². The Morgan fingerprint density at radius 1 is 0.675 bits per heavy atom. The number of carbonyl (C=O) groups is 2. The monoisotopic (exact) mass is 556 g/mol. The highest BCUT2D eigenvalue weighted by molar-refractivity contribution is 5.93. The molecule has 0 amide bonds. The van der Waals surface area contributed by atoms with Gasteiger partial charge in [0.2, 0.25) is 0 Å². The standard InChI is InChI=1S/C32H44O8/c1-7-9-17-35-19-25(39-31(33)23(3)4)21-37-29-15-11-14-28-27(29)13-12-16-30(28)38-22-26(20-36-18-10-8-2)40-32(34)24(5)6/h11-16,25-26H,3,5,7-10,17-22H2,1-2,4,6H3. The van der Waals surface area contributed by atoms with E-state index in [-0.39, 0.29) is 26.4 Å². The van der Waals surface area contributed by atoms with Crippen molar-refractivity contribution in [3.8, 4) is 11.5 Å². The molecule has 0 fully saturated rings. The van der Waals surface area contributed by atoms with E-state index in [0.29, 0.717) is 35.9 Å². The number of rotatable bonds is 20. The van der Waals surface area contributed by atoms with Gasteiger partial charge >= 0.3 is 11.9 Å². The molecule has 220 valence electrons. The van der Waals surface area contributed by atoms with Crippen molar-refractivity contribution in [3.05, 3.63) is 60.7 Å². The normalized spacial score (nSPS) is 12.4. The maximum Gasteiger partial charge on any atom is 0.333 e. The zero-order valence-corrected chi connectivity index (χ0v) is 24.4. The summed E-state index contributed by atoms with van der Waals surface area (Å²) in [6, 6.07) is 11.3. The topological polar surface area (TPSA) is 89.5 Å². The van der Waals surface area contributed by atoms with Crippen LogP contribution in [0.25, 0.3) is 10.8 Å². The molecule has 0 N–H and O–H groups in total. The van der Waals surface area contributed by atoms with Gasteiger partial charge in [-0.15, -0.1) is 0 Å². The Hall–Kier alpha value is -3.36. The first-order chi connectivity index (χ1) is 19.3. The highest BCUT2D eigenvalue weighted by Gasteiger charge is 2.19. The van der Waals surface area contributed by atoms with Crippen LogP contribution in [0.4, 0.5) is 0 Å². The highest BCUT2D eigenvalue weighted by Crippen LogP contribution is 2.32. The van der Waals surface area contributed by atoms with Crippen molar-refractivity contribution in [1.82, 2.24) is 0 Å². The first-order valence-corrected chi connectivity index (χ1v) is 13.9. The summed E-state index contributed by atoms with van der Waals surface area (Å²) in [7, 11) is 0. The zero-order valence-electron chi connectivity index (χ0n) is 24.4. The van der Waals surface area contributed by atoms with Crippen molar-refractivity contribution < 1.29 is 38.0 Å². The molecule has 0 aliphatic carbocycles. The Labute approximate surface area is 238 Å². The number of benzene rings is 2. The van der Waals surface area contributed by atoms with Gasteiger partial charge in [0.05, 0.1) is 13.2 Å². The molecule has 0 aliphatic heterocycles. The van der Waals surface area contributed by atoms with Gasteiger partial charge in [-0.05, 0) is 38.8 Å². The molecule has 40 heavy (non-hydrogen) atoms. The van der Waals surface area contributed by atoms with Gasteiger partial charge in [-0.1, -0.05) is 64.1 Å². The van der Waals surface area contributed by atoms with E-state index < -0.39 is 24.1 Å². The lowest BCUT2D eigenvalue weighted by atomic mass is 10.1. The molecular weight excluding hydrogens is 512 g/mol. The minimum atomic E-state index is -0.591. The molecule has 0 bridgehead atoms. The van der Waals surface area contributed by atoms with Crippen LogP contribution < -0.4 is 9.47 Å². The number of esters is 2. The smallest absolute Gasteiger partial charge is 0.333 e. The molecule has 2 unspecified atom stereocenters. The summed E-state index contributed by atoms with van der Waals surface area (Å²) in [6.45, 7) is 16.5. The van der Waals surface area contributed by atoms with Crippen molar-refractivity contribution in [1.29, 1.82) is 0 Å². The van der Waals surface area contributed by atoms with Crippen LogP contribution in [0.1, 0.15) is 53.4 Å². The molecule has 8 heteroatoms. The molecule has 0 radical (unpaired) electrons. The van der Waals surface area contributed by atoms with Gasteiger partial charge in [0, 0.05) is 35.1 Å². The van der Waals surface area contributed by atoms with Crippen molar-refractivity contribution in [3.63, 3.8) is 0 Å². The largest absolute Gasteiger partial charge is 0.489 e. The molecule has 2 aromatic rings. The van der Waals surface area contributed by atoms with Gasteiger partial charge in [-0.25, -0.2) is 9.59 Å². The lowest BCUT2D eigenvalue weighted by Crippen LogP contribution is -2.30.